The quantitative estimate of drug-likeness (QED) is 0.780. The standard InChI is InChI=1S/C17H17NO6/c1-23-11-6-3-10(4-7-11)5-8-12-14(17(22)24-2)15(16(20)21)13(19)9-18-12/h3-4,6-7,9,19H,5,8H2,1-2H3,(H,20,21). The van der Waals surface area contributed by atoms with E-state index in [1.165, 1.54) is 0 Å². The second-order valence-electron chi connectivity index (χ2n) is 4.98. The van der Waals surface area contributed by atoms with Crippen LogP contribution in [0.3, 0.4) is 0 Å². The number of pyridine rings is 1. The molecular weight excluding hydrogens is 314 g/mol. The molecule has 2 aromatic rings. The molecule has 1 heterocycles. The van der Waals surface area contributed by atoms with Gasteiger partial charge in [-0.15, -0.1) is 0 Å². The fourth-order valence-corrected chi connectivity index (χ4v) is 2.32. The summed E-state index contributed by atoms with van der Waals surface area (Å²) < 4.78 is 9.72. The molecule has 0 amide bonds. The molecule has 0 unspecified atom stereocenters. The molecule has 0 spiro atoms. The number of rotatable bonds is 6. The molecule has 0 bridgehead atoms. The minimum absolute atomic E-state index is 0.224. The largest absolute Gasteiger partial charge is 0.505 e. The van der Waals surface area contributed by atoms with Crippen LogP contribution in [0.25, 0.3) is 0 Å². The van der Waals surface area contributed by atoms with E-state index in [0.717, 1.165) is 24.6 Å². The average molecular weight is 331 g/mol. The summed E-state index contributed by atoms with van der Waals surface area (Å²) >= 11 is 0. The van der Waals surface area contributed by atoms with Crippen LogP contribution in [-0.2, 0) is 17.6 Å². The smallest absolute Gasteiger partial charge is 0.340 e. The summed E-state index contributed by atoms with van der Waals surface area (Å²) in [6.07, 6.45) is 1.88. The van der Waals surface area contributed by atoms with Gasteiger partial charge in [-0.3, -0.25) is 4.98 Å². The van der Waals surface area contributed by atoms with E-state index in [1.807, 2.05) is 24.3 Å². The zero-order chi connectivity index (χ0) is 17.7. The fourth-order valence-electron chi connectivity index (χ4n) is 2.32. The number of carbonyl (C=O) groups is 2. The topological polar surface area (TPSA) is 106 Å². The third-order valence-electron chi connectivity index (χ3n) is 3.55. The molecule has 0 atom stereocenters. The number of aryl methyl sites for hydroxylation is 2. The maximum Gasteiger partial charge on any atom is 0.340 e. The number of methoxy groups -OCH3 is 2. The number of hydrogen-bond acceptors (Lipinski definition) is 6. The monoisotopic (exact) mass is 331 g/mol. The van der Waals surface area contributed by atoms with Crippen molar-refractivity contribution < 1.29 is 29.3 Å². The Morgan fingerprint density at radius 3 is 2.29 bits per heavy atom. The Hall–Kier alpha value is -3.09. The van der Waals surface area contributed by atoms with E-state index < -0.39 is 23.3 Å². The highest BCUT2D eigenvalue weighted by Gasteiger charge is 2.26. The number of carboxylic acids is 1. The van der Waals surface area contributed by atoms with Crippen molar-refractivity contribution in [3.8, 4) is 11.5 Å². The van der Waals surface area contributed by atoms with Gasteiger partial charge in [0.1, 0.15) is 17.1 Å². The van der Waals surface area contributed by atoms with Crippen LogP contribution in [0.15, 0.2) is 30.5 Å². The van der Waals surface area contributed by atoms with Gasteiger partial charge in [-0.05, 0) is 30.5 Å². The molecule has 24 heavy (non-hydrogen) atoms. The lowest BCUT2D eigenvalue weighted by Gasteiger charge is -2.11. The number of aromatic nitrogens is 1. The molecule has 1 aromatic heterocycles. The van der Waals surface area contributed by atoms with Crippen LogP contribution < -0.4 is 4.74 Å². The first-order chi connectivity index (χ1) is 11.5. The molecule has 1 aromatic carbocycles. The van der Waals surface area contributed by atoms with Crippen LogP contribution in [0.5, 0.6) is 11.5 Å². The molecule has 7 nitrogen and oxygen atoms in total. The minimum Gasteiger partial charge on any atom is -0.505 e. The van der Waals surface area contributed by atoms with Gasteiger partial charge in [0.15, 0.2) is 0 Å². The van der Waals surface area contributed by atoms with Gasteiger partial charge in [-0.2, -0.15) is 0 Å². The van der Waals surface area contributed by atoms with Gasteiger partial charge < -0.3 is 19.7 Å². The molecule has 0 aliphatic rings. The maximum atomic E-state index is 12.0. The maximum absolute atomic E-state index is 12.0. The van der Waals surface area contributed by atoms with E-state index in [2.05, 4.69) is 9.72 Å². The van der Waals surface area contributed by atoms with Crippen molar-refractivity contribution in [2.45, 2.75) is 12.8 Å². The van der Waals surface area contributed by atoms with E-state index in [9.17, 15) is 19.8 Å². The number of hydrogen-bond donors (Lipinski definition) is 2. The Bertz CT molecular complexity index is 754. The summed E-state index contributed by atoms with van der Waals surface area (Å²) in [5, 5.41) is 19.0. The third-order valence-corrected chi connectivity index (χ3v) is 3.55. The molecule has 2 N–H and O–H groups in total. The van der Waals surface area contributed by atoms with E-state index >= 15 is 0 Å². The lowest BCUT2D eigenvalue weighted by atomic mass is 10.00. The van der Waals surface area contributed by atoms with Gasteiger partial charge in [0.2, 0.25) is 0 Å². The normalized spacial score (nSPS) is 10.2. The van der Waals surface area contributed by atoms with Crippen LogP contribution in [0, 0.1) is 0 Å². The summed E-state index contributed by atoms with van der Waals surface area (Å²) in [6, 6.07) is 7.36. The van der Waals surface area contributed by atoms with Gasteiger partial charge in [0, 0.05) is 0 Å². The highest BCUT2D eigenvalue weighted by atomic mass is 16.5. The Morgan fingerprint density at radius 1 is 1.08 bits per heavy atom. The van der Waals surface area contributed by atoms with Gasteiger partial charge in [0.25, 0.3) is 0 Å². The Balaban J connectivity index is 2.33. The van der Waals surface area contributed by atoms with Crippen LogP contribution >= 0.6 is 0 Å². The first kappa shape index (κ1) is 17.3. The summed E-state index contributed by atoms with van der Waals surface area (Å²) in [4.78, 5) is 27.3. The first-order valence-corrected chi connectivity index (χ1v) is 7.13. The number of nitrogens with zero attached hydrogens (tertiary/aromatic N) is 1. The van der Waals surface area contributed by atoms with Crippen molar-refractivity contribution >= 4 is 11.9 Å². The molecular formula is C17H17NO6. The Morgan fingerprint density at radius 2 is 1.75 bits per heavy atom. The van der Waals surface area contributed by atoms with E-state index in [4.69, 9.17) is 4.74 Å². The summed E-state index contributed by atoms with van der Waals surface area (Å²) in [5.74, 6) is -2.11. The number of esters is 1. The molecule has 0 saturated carbocycles. The minimum atomic E-state index is -1.42. The molecule has 7 heteroatoms. The van der Waals surface area contributed by atoms with Gasteiger partial charge in [-0.25, -0.2) is 9.59 Å². The van der Waals surface area contributed by atoms with Crippen molar-refractivity contribution in [3.05, 3.63) is 52.8 Å². The summed E-state index contributed by atoms with van der Waals surface area (Å²) in [6.45, 7) is 0. The second kappa shape index (κ2) is 7.45. The highest BCUT2D eigenvalue weighted by molar-refractivity contribution is 6.04. The first-order valence-electron chi connectivity index (χ1n) is 7.13. The van der Waals surface area contributed by atoms with Crippen LogP contribution in [0.1, 0.15) is 32.0 Å². The zero-order valence-electron chi connectivity index (χ0n) is 13.3. The third kappa shape index (κ3) is 3.62. The van der Waals surface area contributed by atoms with Crippen LogP contribution in [0.4, 0.5) is 0 Å². The van der Waals surface area contributed by atoms with Crippen molar-refractivity contribution in [1.82, 2.24) is 4.98 Å². The number of benzene rings is 1. The van der Waals surface area contributed by atoms with Gasteiger partial charge in [-0.1, -0.05) is 12.1 Å². The molecule has 126 valence electrons. The Labute approximate surface area is 138 Å². The lowest BCUT2D eigenvalue weighted by molar-refractivity contribution is 0.0578. The van der Waals surface area contributed by atoms with Crippen LogP contribution in [-0.4, -0.2) is 41.4 Å². The number of carbonyl (C=O) groups excluding carboxylic acids is 1. The van der Waals surface area contributed by atoms with Crippen LogP contribution in [0.2, 0.25) is 0 Å². The highest BCUT2D eigenvalue weighted by Crippen LogP contribution is 2.25. The van der Waals surface area contributed by atoms with Gasteiger partial charge in [0.05, 0.1) is 31.7 Å². The Kier molecular flexibility index (Phi) is 5.36. The van der Waals surface area contributed by atoms with Crippen molar-refractivity contribution in [3.63, 3.8) is 0 Å². The van der Waals surface area contributed by atoms with Crippen molar-refractivity contribution in [2.24, 2.45) is 0 Å². The predicted molar refractivity (Wildman–Crippen MR) is 84.6 cm³/mol. The zero-order valence-corrected chi connectivity index (χ0v) is 13.3. The molecule has 0 radical (unpaired) electrons. The number of carboxylic acid groups (broad SMARTS) is 1. The molecule has 0 aliphatic heterocycles. The predicted octanol–water partition coefficient (Wildman–Crippen LogP) is 2.07. The average Bonchev–Trinajstić information content (AvgIpc) is 2.59. The summed E-state index contributed by atoms with van der Waals surface area (Å²) in [7, 11) is 2.72. The van der Waals surface area contributed by atoms with E-state index in [1.54, 1.807) is 7.11 Å². The molecule has 0 aliphatic carbocycles. The molecule has 2 rings (SSSR count). The van der Waals surface area contributed by atoms with E-state index in [0.29, 0.717) is 12.8 Å². The van der Waals surface area contributed by atoms with E-state index in [-0.39, 0.29) is 11.3 Å². The second-order valence-corrected chi connectivity index (χ2v) is 4.98. The number of aromatic hydroxyl groups is 1. The fraction of sp³-hybridized carbons (Fsp3) is 0.235. The van der Waals surface area contributed by atoms with Gasteiger partial charge >= 0.3 is 11.9 Å². The number of ether oxygens (including phenoxy) is 2. The molecule has 0 saturated heterocycles. The van der Waals surface area contributed by atoms with Crippen molar-refractivity contribution in [2.75, 3.05) is 14.2 Å². The number of aromatic carboxylic acids is 1. The lowest BCUT2D eigenvalue weighted by Crippen LogP contribution is -2.15. The SMILES string of the molecule is COC(=O)c1c(CCc2ccc(OC)cc2)ncc(O)c1C(=O)O. The summed E-state index contributed by atoms with van der Waals surface area (Å²) in [5.41, 5.74) is 0.506. The molecule has 0 fully saturated rings. The van der Waals surface area contributed by atoms with Crippen molar-refractivity contribution in [1.29, 1.82) is 0 Å².